The van der Waals surface area contributed by atoms with E-state index in [1.165, 1.54) is 0 Å². The lowest BCUT2D eigenvalue weighted by atomic mass is 10.5. The van der Waals surface area contributed by atoms with Crippen molar-refractivity contribution in [2.24, 2.45) is 0 Å². The SMILES string of the molecule is [13CH3]c1c[15n]c(Cl)[15n]c1Cl. The summed E-state index contributed by atoms with van der Waals surface area (Å²) in [4.78, 5) is 7.40. The fourth-order valence-corrected chi connectivity index (χ4v) is 0.707. The first-order valence-corrected chi connectivity index (χ1v) is 3.10. The molecule has 0 N–H and O–H groups in total. The second kappa shape index (κ2) is 2.50. The van der Waals surface area contributed by atoms with Gasteiger partial charge in [-0.05, 0) is 18.5 Å². The van der Waals surface area contributed by atoms with Gasteiger partial charge in [-0.1, -0.05) is 11.6 Å². The number of rotatable bonds is 0. The van der Waals surface area contributed by atoms with Gasteiger partial charge in [-0.15, -0.1) is 0 Å². The first-order chi connectivity index (χ1) is 4.20. The van der Waals surface area contributed by atoms with E-state index >= 15 is 0 Å². The van der Waals surface area contributed by atoms with Crippen molar-refractivity contribution in [1.82, 2.24) is 9.97 Å². The fourth-order valence-electron chi connectivity index (χ4n) is 0.401. The van der Waals surface area contributed by atoms with Crippen LogP contribution in [0.4, 0.5) is 0 Å². The van der Waals surface area contributed by atoms with Crippen molar-refractivity contribution >= 4 is 23.2 Å². The van der Waals surface area contributed by atoms with Crippen molar-refractivity contribution in [3.8, 4) is 0 Å². The minimum Gasteiger partial charge on any atom is -0.226 e. The fraction of sp³-hybridized carbons (Fsp3) is 0.200. The van der Waals surface area contributed by atoms with Crippen LogP contribution in [-0.2, 0) is 0 Å². The Morgan fingerprint density at radius 1 is 1.44 bits per heavy atom. The summed E-state index contributed by atoms with van der Waals surface area (Å²) >= 11 is 11.0. The number of hydrogen-bond donors (Lipinski definition) is 0. The highest BCUT2D eigenvalue weighted by Gasteiger charge is 1.95. The van der Waals surface area contributed by atoms with E-state index in [-0.39, 0.29) is 5.28 Å². The van der Waals surface area contributed by atoms with Crippen LogP contribution in [0.25, 0.3) is 0 Å². The summed E-state index contributed by atoms with van der Waals surface area (Å²) in [6.45, 7) is 1.82. The molecule has 0 aliphatic rings. The van der Waals surface area contributed by atoms with Gasteiger partial charge in [-0.2, -0.15) is 0 Å². The van der Waals surface area contributed by atoms with Crippen LogP contribution >= 0.6 is 23.2 Å². The maximum absolute atomic E-state index is 5.58. The van der Waals surface area contributed by atoms with Gasteiger partial charge in [0, 0.05) is 11.8 Å². The second-order valence-corrected chi connectivity index (χ2v) is 2.31. The summed E-state index contributed by atoms with van der Waals surface area (Å²) in [5.74, 6) is 0. The first kappa shape index (κ1) is 6.78. The highest BCUT2D eigenvalue weighted by Crippen LogP contribution is 2.11. The van der Waals surface area contributed by atoms with Gasteiger partial charge in [0.05, 0.1) is 0 Å². The van der Waals surface area contributed by atoms with Crippen molar-refractivity contribution in [2.75, 3.05) is 0 Å². The zero-order chi connectivity index (χ0) is 6.85. The molecule has 0 unspecified atom stereocenters. The molecule has 4 heteroatoms. The summed E-state index contributed by atoms with van der Waals surface area (Å²) < 4.78 is 0. The van der Waals surface area contributed by atoms with E-state index in [0.29, 0.717) is 5.15 Å². The van der Waals surface area contributed by atoms with Gasteiger partial charge >= 0.3 is 0 Å². The van der Waals surface area contributed by atoms with Gasteiger partial charge in [0.25, 0.3) is 0 Å². The molecule has 48 valence electrons. The Labute approximate surface area is 62.8 Å². The largest absolute Gasteiger partial charge is 0.226 e. The molecular formula is C5H4Cl2N2. The highest BCUT2D eigenvalue weighted by atomic mass is 35.5. The van der Waals surface area contributed by atoms with Gasteiger partial charge in [-0.25, -0.2) is 9.97 Å². The smallest absolute Gasteiger partial charge is 0.223 e. The van der Waals surface area contributed by atoms with Crippen LogP contribution in [0.1, 0.15) is 5.56 Å². The van der Waals surface area contributed by atoms with Crippen molar-refractivity contribution in [2.45, 2.75) is 6.92 Å². The molecule has 0 saturated heterocycles. The van der Waals surface area contributed by atoms with Crippen LogP contribution < -0.4 is 0 Å². The van der Waals surface area contributed by atoms with E-state index < -0.39 is 0 Å². The van der Waals surface area contributed by atoms with E-state index in [9.17, 15) is 0 Å². The Balaban J connectivity index is 3.17. The first-order valence-electron chi connectivity index (χ1n) is 2.35. The molecule has 1 aromatic rings. The average Bonchev–Trinajstić information content (AvgIpc) is 1.80. The third-order valence-corrected chi connectivity index (χ3v) is 1.45. The number of halogens is 2. The lowest BCUT2D eigenvalue weighted by molar-refractivity contribution is 1.13. The molecule has 1 aromatic heterocycles. The van der Waals surface area contributed by atoms with Crippen LogP contribution in [0.2, 0.25) is 10.4 Å². The van der Waals surface area contributed by atoms with Crippen LogP contribution in [-0.4, -0.2) is 9.97 Å². The summed E-state index contributed by atoms with van der Waals surface area (Å²) in [6.07, 6.45) is 1.58. The van der Waals surface area contributed by atoms with E-state index in [1.54, 1.807) is 6.20 Å². The van der Waals surface area contributed by atoms with Crippen LogP contribution in [0.3, 0.4) is 0 Å². The Hall–Kier alpha value is -0.340. The zero-order valence-corrected chi connectivity index (χ0v) is 6.24. The molecule has 2 nitrogen and oxygen atoms in total. The van der Waals surface area contributed by atoms with E-state index in [0.717, 1.165) is 5.56 Å². The second-order valence-electron chi connectivity index (χ2n) is 1.61. The van der Waals surface area contributed by atoms with Crippen molar-refractivity contribution in [3.05, 3.63) is 22.2 Å². The van der Waals surface area contributed by atoms with Crippen molar-refractivity contribution in [3.63, 3.8) is 0 Å². The predicted molar refractivity (Wildman–Crippen MR) is 36.8 cm³/mol. The molecule has 0 aliphatic carbocycles. The molecule has 0 amide bonds. The lowest BCUT2D eigenvalue weighted by Gasteiger charge is -1.92. The summed E-state index contributed by atoms with van der Waals surface area (Å²) in [6, 6.07) is 0. The molecule has 0 bridgehead atoms. The molecule has 0 saturated carbocycles. The monoisotopic (exact) mass is 165 g/mol. The Kier molecular flexibility index (Phi) is 1.88. The van der Waals surface area contributed by atoms with E-state index in [4.69, 9.17) is 23.2 Å². The van der Waals surface area contributed by atoms with Crippen LogP contribution in [0.5, 0.6) is 0 Å². The van der Waals surface area contributed by atoms with Gasteiger partial charge in [-0.3, -0.25) is 0 Å². The van der Waals surface area contributed by atoms with E-state index in [1.807, 2.05) is 6.92 Å². The normalized spacial score (nSPS) is 9.67. The number of aromatic nitrogens is 2. The molecule has 0 aliphatic heterocycles. The average molecular weight is 166 g/mol. The molecule has 9 heavy (non-hydrogen) atoms. The van der Waals surface area contributed by atoms with Gasteiger partial charge in [0.2, 0.25) is 5.28 Å². The molecule has 0 aromatic carbocycles. The maximum Gasteiger partial charge on any atom is 0.223 e. The Bertz CT molecular complexity index is 224. The quantitative estimate of drug-likeness (QED) is 0.335. The third kappa shape index (κ3) is 1.53. The van der Waals surface area contributed by atoms with Gasteiger partial charge in [0.1, 0.15) is 5.15 Å². The predicted octanol–water partition coefficient (Wildman–Crippen LogP) is 2.09. The van der Waals surface area contributed by atoms with Crippen LogP contribution in [0.15, 0.2) is 6.20 Å². The maximum atomic E-state index is 5.58. The zero-order valence-electron chi connectivity index (χ0n) is 4.73. The molecule has 0 radical (unpaired) electrons. The van der Waals surface area contributed by atoms with Gasteiger partial charge < -0.3 is 0 Å². The highest BCUT2D eigenvalue weighted by molar-refractivity contribution is 6.32. The third-order valence-electron chi connectivity index (χ3n) is 0.881. The summed E-state index contributed by atoms with van der Waals surface area (Å²) in [7, 11) is 0. The minimum absolute atomic E-state index is 0.186. The lowest BCUT2D eigenvalue weighted by Crippen LogP contribution is -1.84. The van der Waals surface area contributed by atoms with E-state index in [2.05, 4.69) is 9.97 Å². The Morgan fingerprint density at radius 3 is 2.56 bits per heavy atom. The van der Waals surface area contributed by atoms with Crippen molar-refractivity contribution in [1.29, 1.82) is 0 Å². The molecule has 0 spiro atoms. The van der Waals surface area contributed by atoms with Gasteiger partial charge in [0.15, 0.2) is 0 Å². The minimum atomic E-state index is 0.186. The molecule has 1 rings (SSSR count). The molecule has 0 atom stereocenters. The number of aryl methyl sites for hydroxylation is 1. The van der Waals surface area contributed by atoms with Crippen molar-refractivity contribution < 1.29 is 0 Å². The molecule has 0 fully saturated rings. The number of nitrogens with zero attached hydrogens (tertiary/aromatic N) is 2. The topological polar surface area (TPSA) is 25.8 Å². The summed E-state index contributed by atoms with van der Waals surface area (Å²) in [5, 5.41) is 0.598. The van der Waals surface area contributed by atoms with Crippen LogP contribution in [0, 0.1) is 6.92 Å². The Morgan fingerprint density at radius 2 is 2.11 bits per heavy atom. The molecular weight excluding hydrogens is 162 g/mol. The standard InChI is InChI=1S/C5H4Cl2N2/c1-3-2-8-5(7)9-4(3)6/h2H,1H3/i1+1,8+1,9+1. The summed E-state index contributed by atoms with van der Waals surface area (Å²) in [5.41, 5.74) is 0.834. The molecule has 1 heterocycles. The number of hydrogen-bond acceptors (Lipinski definition) is 2.